The maximum Gasteiger partial charge on any atom is 0.165 e. The molecule has 0 unspecified atom stereocenters. The van der Waals surface area contributed by atoms with Crippen LogP contribution in [-0.4, -0.2) is 6.04 Å². The summed E-state index contributed by atoms with van der Waals surface area (Å²) in [7, 11) is 0. The van der Waals surface area contributed by atoms with Gasteiger partial charge < -0.3 is 10.1 Å². The molecule has 0 heterocycles. The second kappa shape index (κ2) is 7.57. The minimum absolute atomic E-state index is 0.281. The van der Waals surface area contributed by atoms with Crippen LogP contribution in [0.1, 0.15) is 25.0 Å². The van der Waals surface area contributed by atoms with E-state index < -0.39 is 0 Å². The van der Waals surface area contributed by atoms with E-state index in [2.05, 4.69) is 35.1 Å². The topological polar surface area (TPSA) is 21.3 Å². The largest absolute Gasteiger partial charge is 0.486 e. The van der Waals surface area contributed by atoms with Crippen LogP contribution in [0.3, 0.4) is 0 Å². The first-order chi connectivity index (χ1) is 10.0. The van der Waals surface area contributed by atoms with Crippen molar-refractivity contribution >= 4 is 15.9 Å². The summed E-state index contributed by atoms with van der Waals surface area (Å²) in [5, 5.41) is 3.26. The van der Waals surface area contributed by atoms with Gasteiger partial charge in [-0.15, -0.1) is 0 Å². The van der Waals surface area contributed by atoms with Gasteiger partial charge in [0.1, 0.15) is 6.61 Å². The molecule has 2 rings (SSSR count). The van der Waals surface area contributed by atoms with Crippen molar-refractivity contribution in [2.24, 2.45) is 0 Å². The zero-order chi connectivity index (χ0) is 15.2. The van der Waals surface area contributed by atoms with E-state index in [1.165, 1.54) is 6.07 Å². The lowest BCUT2D eigenvalue weighted by Gasteiger charge is -2.11. The second-order valence-electron chi connectivity index (χ2n) is 5.22. The van der Waals surface area contributed by atoms with Crippen LogP contribution in [0, 0.1) is 5.82 Å². The molecule has 0 atom stereocenters. The van der Waals surface area contributed by atoms with Crippen LogP contribution in [0.25, 0.3) is 0 Å². The number of hydrogen-bond donors (Lipinski definition) is 1. The van der Waals surface area contributed by atoms with Crippen molar-refractivity contribution in [3.8, 4) is 5.75 Å². The van der Waals surface area contributed by atoms with Gasteiger partial charge in [-0.25, -0.2) is 4.39 Å². The van der Waals surface area contributed by atoms with Crippen molar-refractivity contribution in [1.29, 1.82) is 0 Å². The Balaban J connectivity index is 1.97. The molecule has 0 aliphatic rings. The fourth-order valence-corrected chi connectivity index (χ4v) is 2.33. The summed E-state index contributed by atoms with van der Waals surface area (Å²) in [6.07, 6.45) is 0. The molecule has 1 N–H and O–H groups in total. The lowest BCUT2D eigenvalue weighted by Crippen LogP contribution is -2.21. The number of nitrogens with one attached hydrogen (secondary N) is 1. The van der Waals surface area contributed by atoms with Gasteiger partial charge in [-0.3, -0.25) is 0 Å². The van der Waals surface area contributed by atoms with Gasteiger partial charge in [0.25, 0.3) is 0 Å². The molecule has 0 bridgehead atoms. The molecule has 0 aliphatic heterocycles. The van der Waals surface area contributed by atoms with E-state index in [1.54, 1.807) is 6.07 Å². The fraction of sp³-hybridized carbons (Fsp3) is 0.294. The highest BCUT2D eigenvalue weighted by atomic mass is 79.9. The summed E-state index contributed by atoms with van der Waals surface area (Å²) < 4.78 is 20.5. The molecule has 2 nitrogen and oxygen atoms in total. The van der Waals surface area contributed by atoms with Crippen molar-refractivity contribution in [1.82, 2.24) is 5.32 Å². The Hall–Kier alpha value is -1.39. The summed E-state index contributed by atoms with van der Waals surface area (Å²) in [4.78, 5) is 0. The highest BCUT2D eigenvalue weighted by molar-refractivity contribution is 9.10. The molecule has 2 aromatic rings. The van der Waals surface area contributed by atoms with Crippen molar-refractivity contribution in [2.75, 3.05) is 0 Å². The van der Waals surface area contributed by atoms with E-state index >= 15 is 0 Å². The molecule has 0 aliphatic carbocycles. The van der Waals surface area contributed by atoms with Gasteiger partial charge in [0.15, 0.2) is 11.6 Å². The first-order valence-electron chi connectivity index (χ1n) is 6.93. The Labute approximate surface area is 133 Å². The molecule has 112 valence electrons. The van der Waals surface area contributed by atoms with Crippen molar-refractivity contribution in [3.63, 3.8) is 0 Å². The van der Waals surface area contributed by atoms with Crippen LogP contribution in [0.4, 0.5) is 4.39 Å². The molecule has 0 radical (unpaired) electrons. The van der Waals surface area contributed by atoms with E-state index in [1.807, 2.05) is 30.3 Å². The third-order valence-electron chi connectivity index (χ3n) is 2.99. The molecule has 0 spiro atoms. The van der Waals surface area contributed by atoms with Gasteiger partial charge in [0.05, 0.1) is 0 Å². The van der Waals surface area contributed by atoms with Gasteiger partial charge in [-0.1, -0.05) is 48.0 Å². The molecule has 0 fully saturated rings. The molecule has 0 amide bonds. The molecule has 21 heavy (non-hydrogen) atoms. The number of ether oxygens (including phenoxy) is 1. The third-order valence-corrected chi connectivity index (χ3v) is 3.49. The molecule has 0 aromatic heterocycles. The molecule has 0 saturated heterocycles. The average molecular weight is 352 g/mol. The minimum atomic E-state index is -0.326. The van der Waals surface area contributed by atoms with Crippen molar-refractivity contribution in [3.05, 3.63) is 63.9 Å². The first-order valence-corrected chi connectivity index (χ1v) is 7.73. The van der Waals surface area contributed by atoms with E-state index in [-0.39, 0.29) is 11.6 Å². The first kappa shape index (κ1) is 16.0. The number of rotatable bonds is 6. The molecule has 4 heteroatoms. The van der Waals surface area contributed by atoms with E-state index in [9.17, 15) is 4.39 Å². The summed E-state index contributed by atoms with van der Waals surface area (Å²) in [5.41, 5.74) is 1.91. The van der Waals surface area contributed by atoms with Crippen molar-refractivity contribution < 1.29 is 9.13 Å². The Bertz CT molecular complexity index is 601. The smallest absolute Gasteiger partial charge is 0.165 e. The quantitative estimate of drug-likeness (QED) is 0.816. The molecule has 0 saturated carbocycles. The van der Waals surface area contributed by atoms with E-state index in [0.29, 0.717) is 19.2 Å². The molecular formula is C17H19BrFNO. The minimum Gasteiger partial charge on any atom is -0.486 e. The summed E-state index contributed by atoms with van der Waals surface area (Å²) in [5.74, 6) is -0.0451. The highest BCUT2D eigenvalue weighted by Crippen LogP contribution is 2.20. The molecular weight excluding hydrogens is 333 g/mol. The second-order valence-corrected chi connectivity index (χ2v) is 6.13. The van der Waals surface area contributed by atoms with Crippen LogP contribution in [0.5, 0.6) is 5.75 Å². The Morgan fingerprint density at radius 1 is 1.14 bits per heavy atom. The number of benzene rings is 2. The summed E-state index contributed by atoms with van der Waals surface area (Å²) in [6.45, 7) is 5.12. The van der Waals surface area contributed by atoms with Crippen molar-refractivity contribution in [2.45, 2.75) is 33.0 Å². The van der Waals surface area contributed by atoms with Crippen LogP contribution in [-0.2, 0) is 13.2 Å². The van der Waals surface area contributed by atoms with Crippen LogP contribution in [0.2, 0.25) is 0 Å². The van der Waals surface area contributed by atoms with Crippen LogP contribution >= 0.6 is 15.9 Å². The van der Waals surface area contributed by atoms with Gasteiger partial charge in [0.2, 0.25) is 0 Å². The Morgan fingerprint density at radius 2 is 1.95 bits per heavy atom. The summed E-state index contributed by atoms with van der Waals surface area (Å²) in [6, 6.07) is 13.2. The maximum absolute atomic E-state index is 14.0. The average Bonchev–Trinajstić information content (AvgIpc) is 2.44. The monoisotopic (exact) mass is 351 g/mol. The Morgan fingerprint density at radius 3 is 2.62 bits per heavy atom. The zero-order valence-electron chi connectivity index (χ0n) is 12.2. The lowest BCUT2D eigenvalue weighted by atomic mass is 10.2. The highest BCUT2D eigenvalue weighted by Gasteiger charge is 2.06. The van der Waals surface area contributed by atoms with Gasteiger partial charge in [-0.05, 0) is 35.4 Å². The van der Waals surface area contributed by atoms with E-state index in [0.717, 1.165) is 15.6 Å². The zero-order valence-corrected chi connectivity index (χ0v) is 13.8. The lowest BCUT2D eigenvalue weighted by molar-refractivity contribution is 0.290. The Kier molecular flexibility index (Phi) is 5.76. The van der Waals surface area contributed by atoms with Gasteiger partial charge >= 0.3 is 0 Å². The fourth-order valence-electron chi connectivity index (χ4n) is 1.88. The number of halogens is 2. The molecule has 2 aromatic carbocycles. The van der Waals surface area contributed by atoms with E-state index in [4.69, 9.17) is 4.74 Å². The number of hydrogen-bond acceptors (Lipinski definition) is 2. The third kappa shape index (κ3) is 5.14. The van der Waals surface area contributed by atoms with Crippen LogP contribution in [0.15, 0.2) is 46.9 Å². The van der Waals surface area contributed by atoms with Gasteiger partial charge in [-0.2, -0.15) is 0 Å². The normalized spacial score (nSPS) is 10.9. The predicted octanol–water partition coefficient (Wildman–Crippen LogP) is 4.67. The summed E-state index contributed by atoms with van der Waals surface area (Å²) >= 11 is 3.40. The van der Waals surface area contributed by atoms with Crippen LogP contribution < -0.4 is 10.1 Å². The van der Waals surface area contributed by atoms with Gasteiger partial charge in [0, 0.05) is 17.1 Å². The predicted molar refractivity (Wildman–Crippen MR) is 86.8 cm³/mol. The standard InChI is InChI=1S/C17H19BrFNO/c1-12(2)20-10-13-6-7-17(16(19)9-13)21-11-14-4-3-5-15(18)8-14/h3-9,12,20H,10-11H2,1-2H3. The SMILES string of the molecule is CC(C)NCc1ccc(OCc2cccc(Br)c2)c(F)c1. The maximum atomic E-state index is 14.0.